The number of aryl methyl sites for hydroxylation is 1. The predicted octanol–water partition coefficient (Wildman–Crippen LogP) is 2.86. The van der Waals surface area contributed by atoms with Gasteiger partial charge in [-0.25, -0.2) is 0 Å². The second-order valence-corrected chi connectivity index (χ2v) is 6.12. The minimum Gasteiger partial charge on any atom is -0.335 e. The number of carbonyl (C=O) groups excluding carboxylic acids is 1. The number of hydrogen-bond donors (Lipinski definition) is 1. The van der Waals surface area contributed by atoms with Crippen LogP contribution >= 0.6 is 0 Å². The van der Waals surface area contributed by atoms with Gasteiger partial charge in [0.25, 0.3) is 0 Å². The fraction of sp³-hybridized carbons (Fsp3) is 0.588. The molecule has 0 heterocycles. The highest BCUT2D eigenvalue weighted by molar-refractivity contribution is 5.76. The smallest absolute Gasteiger partial charge is 0.223 e. The maximum absolute atomic E-state index is 12.4. The molecule has 110 valence electrons. The van der Waals surface area contributed by atoms with E-state index in [0.29, 0.717) is 24.9 Å². The van der Waals surface area contributed by atoms with E-state index in [1.807, 2.05) is 0 Å². The van der Waals surface area contributed by atoms with Gasteiger partial charge < -0.3 is 10.6 Å². The summed E-state index contributed by atoms with van der Waals surface area (Å²) in [6.07, 6.45) is 3.83. The number of nitrogens with zero attached hydrogens (tertiary/aromatic N) is 1. The molecule has 0 spiro atoms. The lowest BCUT2D eigenvalue weighted by molar-refractivity contribution is -0.132. The predicted molar refractivity (Wildman–Crippen MR) is 82.2 cm³/mol. The summed E-state index contributed by atoms with van der Waals surface area (Å²) in [4.78, 5) is 14.5. The molecule has 1 aliphatic carbocycles. The first kappa shape index (κ1) is 15.0. The van der Waals surface area contributed by atoms with Crippen molar-refractivity contribution in [1.29, 1.82) is 0 Å². The Morgan fingerprint density at radius 2 is 2.20 bits per heavy atom. The van der Waals surface area contributed by atoms with E-state index >= 15 is 0 Å². The SMILES string of the molecule is Cc1cccc(CN(C(=O)CCC(C)CN)C2CC2)c1. The number of benzene rings is 1. The fourth-order valence-corrected chi connectivity index (χ4v) is 2.45. The van der Waals surface area contributed by atoms with Gasteiger partial charge in [-0.05, 0) is 44.2 Å². The Bertz CT molecular complexity index is 454. The second-order valence-electron chi connectivity index (χ2n) is 6.12. The third kappa shape index (κ3) is 4.34. The van der Waals surface area contributed by atoms with Crippen LogP contribution in [0.1, 0.15) is 43.7 Å². The molecule has 2 N–H and O–H groups in total. The van der Waals surface area contributed by atoms with Gasteiger partial charge in [-0.1, -0.05) is 36.8 Å². The molecule has 20 heavy (non-hydrogen) atoms. The standard InChI is InChI=1S/C17H26N2O/c1-13-4-3-5-15(10-13)12-19(16-7-8-16)17(20)9-6-14(2)11-18/h3-5,10,14,16H,6-9,11-12,18H2,1-2H3. The highest BCUT2D eigenvalue weighted by atomic mass is 16.2. The monoisotopic (exact) mass is 274 g/mol. The largest absolute Gasteiger partial charge is 0.335 e. The van der Waals surface area contributed by atoms with Gasteiger partial charge in [0.2, 0.25) is 5.91 Å². The summed E-state index contributed by atoms with van der Waals surface area (Å²) in [6, 6.07) is 8.91. The Morgan fingerprint density at radius 1 is 1.45 bits per heavy atom. The molecule has 0 saturated heterocycles. The minimum atomic E-state index is 0.286. The molecular formula is C17H26N2O. The van der Waals surface area contributed by atoms with Crippen molar-refractivity contribution in [2.45, 2.75) is 52.1 Å². The van der Waals surface area contributed by atoms with Gasteiger partial charge in [-0.2, -0.15) is 0 Å². The zero-order valence-electron chi connectivity index (χ0n) is 12.6. The maximum Gasteiger partial charge on any atom is 0.223 e. The first-order valence-corrected chi connectivity index (χ1v) is 7.65. The van der Waals surface area contributed by atoms with Gasteiger partial charge in [0, 0.05) is 19.0 Å². The van der Waals surface area contributed by atoms with Gasteiger partial charge in [0.05, 0.1) is 0 Å². The number of rotatable bonds is 7. The Morgan fingerprint density at radius 3 is 2.80 bits per heavy atom. The summed E-state index contributed by atoms with van der Waals surface area (Å²) in [5, 5.41) is 0. The normalized spacial score (nSPS) is 15.9. The van der Waals surface area contributed by atoms with Crippen LogP contribution in [0.4, 0.5) is 0 Å². The van der Waals surface area contributed by atoms with Crippen LogP contribution in [0.2, 0.25) is 0 Å². The number of amides is 1. The molecule has 0 bridgehead atoms. The van der Waals surface area contributed by atoms with Crippen molar-refractivity contribution >= 4 is 5.91 Å². The van der Waals surface area contributed by atoms with E-state index in [1.165, 1.54) is 11.1 Å². The van der Waals surface area contributed by atoms with E-state index in [0.717, 1.165) is 25.8 Å². The highest BCUT2D eigenvalue weighted by Gasteiger charge is 2.32. The fourth-order valence-electron chi connectivity index (χ4n) is 2.45. The van der Waals surface area contributed by atoms with Crippen LogP contribution in [0.5, 0.6) is 0 Å². The summed E-state index contributed by atoms with van der Waals surface area (Å²) in [5.41, 5.74) is 8.11. The molecule has 1 fully saturated rings. The molecule has 0 aliphatic heterocycles. The van der Waals surface area contributed by atoms with Gasteiger partial charge >= 0.3 is 0 Å². The van der Waals surface area contributed by atoms with E-state index in [4.69, 9.17) is 5.73 Å². The molecule has 1 unspecified atom stereocenters. The minimum absolute atomic E-state index is 0.286. The van der Waals surface area contributed by atoms with Crippen molar-refractivity contribution in [1.82, 2.24) is 4.90 Å². The molecule has 3 nitrogen and oxygen atoms in total. The van der Waals surface area contributed by atoms with Gasteiger partial charge in [0.1, 0.15) is 0 Å². The summed E-state index contributed by atoms with van der Waals surface area (Å²) < 4.78 is 0. The summed E-state index contributed by atoms with van der Waals surface area (Å²) in [6.45, 7) is 5.61. The van der Waals surface area contributed by atoms with Gasteiger partial charge in [-0.15, -0.1) is 0 Å². The average Bonchev–Trinajstić information content (AvgIpc) is 3.26. The third-order valence-corrected chi connectivity index (χ3v) is 4.00. The van der Waals surface area contributed by atoms with Gasteiger partial charge in [0.15, 0.2) is 0 Å². The average molecular weight is 274 g/mol. The van der Waals surface area contributed by atoms with Crippen LogP contribution in [0, 0.1) is 12.8 Å². The summed E-state index contributed by atoms with van der Waals surface area (Å²) in [7, 11) is 0. The molecule has 1 aliphatic rings. The first-order valence-electron chi connectivity index (χ1n) is 7.65. The lowest BCUT2D eigenvalue weighted by Crippen LogP contribution is -2.33. The molecular weight excluding hydrogens is 248 g/mol. The highest BCUT2D eigenvalue weighted by Crippen LogP contribution is 2.29. The molecule has 3 heteroatoms. The van der Waals surface area contributed by atoms with Crippen LogP contribution < -0.4 is 5.73 Å². The van der Waals surface area contributed by atoms with Crippen LogP contribution in [-0.4, -0.2) is 23.4 Å². The molecule has 0 aromatic heterocycles. The summed E-state index contributed by atoms with van der Waals surface area (Å²) in [5.74, 6) is 0.716. The van der Waals surface area contributed by atoms with Crippen LogP contribution in [0.15, 0.2) is 24.3 Å². The summed E-state index contributed by atoms with van der Waals surface area (Å²) >= 11 is 0. The van der Waals surface area contributed by atoms with Gasteiger partial charge in [-0.3, -0.25) is 4.79 Å². The Hall–Kier alpha value is -1.35. The number of carbonyl (C=O) groups is 1. The lowest BCUT2D eigenvalue weighted by Gasteiger charge is -2.23. The maximum atomic E-state index is 12.4. The Labute approximate surface area is 122 Å². The lowest BCUT2D eigenvalue weighted by atomic mass is 10.1. The van der Waals surface area contributed by atoms with Crippen molar-refractivity contribution in [2.24, 2.45) is 11.7 Å². The van der Waals surface area contributed by atoms with Crippen molar-refractivity contribution in [2.75, 3.05) is 6.54 Å². The van der Waals surface area contributed by atoms with E-state index in [9.17, 15) is 4.79 Å². The van der Waals surface area contributed by atoms with Crippen molar-refractivity contribution in [3.8, 4) is 0 Å². The van der Waals surface area contributed by atoms with Crippen LogP contribution in [0.25, 0.3) is 0 Å². The van der Waals surface area contributed by atoms with Crippen molar-refractivity contribution in [3.05, 3.63) is 35.4 Å². The van der Waals surface area contributed by atoms with E-state index in [-0.39, 0.29) is 5.91 Å². The Balaban J connectivity index is 1.95. The first-order chi connectivity index (χ1) is 9.60. The van der Waals surface area contributed by atoms with E-state index in [1.54, 1.807) is 0 Å². The molecule has 2 rings (SSSR count). The van der Waals surface area contributed by atoms with E-state index in [2.05, 4.69) is 43.0 Å². The van der Waals surface area contributed by atoms with Crippen molar-refractivity contribution in [3.63, 3.8) is 0 Å². The third-order valence-electron chi connectivity index (χ3n) is 4.00. The van der Waals surface area contributed by atoms with Crippen molar-refractivity contribution < 1.29 is 4.79 Å². The Kier molecular flexibility index (Phi) is 5.18. The molecule has 1 aromatic rings. The van der Waals surface area contributed by atoms with Crippen LogP contribution in [-0.2, 0) is 11.3 Å². The number of hydrogen-bond acceptors (Lipinski definition) is 2. The molecule has 0 radical (unpaired) electrons. The second kappa shape index (κ2) is 6.89. The zero-order chi connectivity index (χ0) is 14.5. The zero-order valence-corrected chi connectivity index (χ0v) is 12.6. The quantitative estimate of drug-likeness (QED) is 0.831. The number of nitrogens with two attached hydrogens (primary N) is 1. The van der Waals surface area contributed by atoms with E-state index < -0.39 is 0 Å². The molecule has 1 aromatic carbocycles. The molecule has 1 amide bonds. The topological polar surface area (TPSA) is 46.3 Å². The molecule has 1 atom stereocenters. The molecule has 1 saturated carbocycles. The van der Waals surface area contributed by atoms with Crippen LogP contribution in [0.3, 0.4) is 0 Å².